The minimum atomic E-state index is -1.24. The van der Waals surface area contributed by atoms with Crippen LogP contribution < -0.4 is 5.32 Å². The van der Waals surface area contributed by atoms with Crippen LogP contribution in [0.2, 0.25) is 0 Å². The molecule has 3 rings (SSSR count). The lowest BCUT2D eigenvalue weighted by molar-refractivity contribution is -0.147. The van der Waals surface area contributed by atoms with Crippen molar-refractivity contribution in [1.29, 1.82) is 0 Å². The Bertz CT molecular complexity index is 769. The van der Waals surface area contributed by atoms with Crippen molar-refractivity contribution >= 4 is 40.9 Å². The van der Waals surface area contributed by atoms with E-state index in [1.807, 2.05) is 42.2 Å². The summed E-state index contributed by atoms with van der Waals surface area (Å²) < 4.78 is 0. The Balaban J connectivity index is 1.65. The Kier molecular flexibility index (Phi) is 8.61. The van der Waals surface area contributed by atoms with E-state index < -0.39 is 16.8 Å². The average molecular weight is 468 g/mol. The summed E-state index contributed by atoms with van der Waals surface area (Å²) in [5.74, 6) is -0.423. The van der Waals surface area contributed by atoms with Crippen molar-refractivity contribution in [3.05, 3.63) is 35.9 Å². The largest absolute Gasteiger partial charge is 0.342 e. The highest BCUT2D eigenvalue weighted by Gasteiger charge is 2.36. The molecule has 1 N–H and O–H groups in total. The van der Waals surface area contributed by atoms with E-state index in [4.69, 9.17) is 23.2 Å². The van der Waals surface area contributed by atoms with Crippen molar-refractivity contribution in [2.45, 2.75) is 62.4 Å². The standard InChI is InChI=1S/C23H31Cl2N3O3/c1-16-15-27(12-13-28(16)22(30)18-10-6-3-7-11-18)23(31)19(26-21(29)20(24)25)14-17-8-4-2-5-9-17/h2,4-5,8-9,16,18-20H,3,6-7,10-15H2,1H3,(H,26,29). The summed E-state index contributed by atoms with van der Waals surface area (Å²) in [7, 11) is 0. The zero-order valence-electron chi connectivity index (χ0n) is 17.9. The highest BCUT2D eigenvalue weighted by molar-refractivity contribution is 6.53. The third-order valence-corrected chi connectivity index (χ3v) is 6.67. The van der Waals surface area contributed by atoms with Gasteiger partial charge in [0.1, 0.15) is 6.04 Å². The van der Waals surface area contributed by atoms with Gasteiger partial charge in [-0.1, -0.05) is 72.8 Å². The number of halogens is 2. The first kappa shape index (κ1) is 23.9. The molecule has 1 aliphatic heterocycles. The molecule has 2 fully saturated rings. The van der Waals surface area contributed by atoms with E-state index >= 15 is 0 Å². The summed E-state index contributed by atoms with van der Waals surface area (Å²) in [6.45, 7) is 3.40. The van der Waals surface area contributed by atoms with Crippen LogP contribution in [0.25, 0.3) is 0 Å². The molecule has 1 saturated carbocycles. The van der Waals surface area contributed by atoms with Gasteiger partial charge in [0.25, 0.3) is 5.91 Å². The van der Waals surface area contributed by atoms with Gasteiger partial charge in [-0.3, -0.25) is 14.4 Å². The Morgan fingerprint density at radius 1 is 1.06 bits per heavy atom. The summed E-state index contributed by atoms with van der Waals surface area (Å²) in [5, 5.41) is 2.69. The van der Waals surface area contributed by atoms with Gasteiger partial charge >= 0.3 is 0 Å². The smallest absolute Gasteiger partial charge is 0.253 e. The number of hydrogen-bond acceptors (Lipinski definition) is 3. The predicted octanol–water partition coefficient (Wildman–Crippen LogP) is 3.16. The van der Waals surface area contributed by atoms with Crippen molar-refractivity contribution in [3.8, 4) is 0 Å². The summed E-state index contributed by atoms with van der Waals surface area (Å²) >= 11 is 11.4. The van der Waals surface area contributed by atoms with Gasteiger partial charge in [0.15, 0.2) is 4.84 Å². The van der Waals surface area contributed by atoms with E-state index in [9.17, 15) is 14.4 Å². The van der Waals surface area contributed by atoms with Crippen molar-refractivity contribution in [2.75, 3.05) is 19.6 Å². The van der Waals surface area contributed by atoms with Crippen LogP contribution in [-0.4, -0.2) is 64.1 Å². The fourth-order valence-electron chi connectivity index (χ4n) is 4.57. The SMILES string of the molecule is CC1CN(C(=O)C(Cc2ccccc2)NC(=O)C(Cl)Cl)CCN1C(=O)C1CCCCC1. The minimum absolute atomic E-state index is 0.0611. The maximum atomic E-state index is 13.3. The molecule has 1 saturated heterocycles. The van der Waals surface area contributed by atoms with Gasteiger partial charge in [0.2, 0.25) is 11.8 Å². The predicted molar refractivity (Wildman–Crippen MR) is 122 cm³/mol. The van der Waals surface area contributed by atoms with Crippen LogP contribution in [0, 0.1) is 5.92 Å². The number of rotatable bonds is 6. The molecule has 2 aliphatic rings. The molecule has 3 amide bonds. The topological polar surface area (TPSA) is 69.7 Å². The highest BCUT2D eigenvalue weighted by Crippen LogP contribution is 2.27. The van der Waals surface area contributed by atoms with E-state index in [1.165, 1.54) is 6.42 Å². The summed E-state index contributed by atoms with van der Waals surface area (Å²) in [6.07, 6.45) is 5.73. The number of piperazine rings is 1. The van der Waals surface area contributed by atoms with Crippen LogP contribution in [0.5, 0.6) is 0 Å². The van der Waals surface area contributed by atoms with Crippen LogP contribution in [0.1, 0.15) is 44.6 Å². The second-order valence-corrected chi connectivity index (χ2v) is 9.65. The van der Waals surface area contributed by atoms with Crippen LogP contribution in [0.15, 0.2) is 30.3 Å². The Labute approximate surface area is 194 Å². The van der Waals surface area contributed by atoms with Gasteiger partial charge in [-0.2, -0.15) is 0 Å². The molecule has 2 unspecified atom stereocenters. The lowest BCUT2D eigenvalue weighted by atomic mass is 9.87. The van der Waals surface area contributed by atoms with Crippen molar-refractivity contribution in [3.63, 3.8) is 0 Å². The van der Waals surface area contributed by atoms with Gasteiger partial charge in [-0.15, -0.1) is 0 Å². The normalized spacial score (nSPS) is 21.1. The lowest BCUT2D eigenvalue weighted by Crippen LogP contribution is -2.60. The third-order valence-electron chi connectivity index (χ3n) is 6.27. The van der Waals surface area contributed by atoms with E-state index in [2.05, 4.69) is 5.32 Å². The highest BCUT2D eigenvalue weighted by atomic mass is 35.5. The maximum Gasteiger partial charge on any atom is 0.253 e. The first-order valence-electron chi connectivity index (χ1n) is 11.1. The molecule has 31 heavy (non-hydrogen) atoms. The molecule has 2 atom stereocenters. The number of nitrogens with zero attached hydrogens (tertiary/aromatic N) is 2. The molecule has 8 heteroatoms. The number of alkyl halides is 2. The molecule has 6 nitrogen and oxygen atoms in total. The van der Waals surface area contributed by atoms with Crippen LogP contribution in [0.3, 0.4) is 0 Å². The molecule has 1 aromatic carbocycles. The summed E-state index contributed by atoms with van der Waals surface area (Å²) in [5.41, 5.74) is 0.931. The Morgan fingerprint density at radius 2 is 1.74 bits per heavy atom. The van der Waals surface area contributed by atoms with Gasteiger partial charge in [-0.05, 0) is 25.3 Å². The van der Waals surface area contributed by atoms with Crippen LogP contribution >= 0.6 is 23.2 Å². The van der Waals surface area contributed by atoms with E-state index in [1.54, 1.807) is 4.90 Å². The first-order chi connectivity index (χ1) is 14.9. The summed E-state index contributed by atoms with van der Waals surface area (Å²) in [4.78, 5) is 40.8. The second-order valence-electron chi connectivity index (χ2n) is 8.55. The second kappa shape index (κ2) is 11.2. The number of hydrogen-bond donors (Lipinski definition) is 1. The lowest BCUT2D eigenvalue weighted by Gasteiger charge is -2.42. The number of nitrogens with one attached hydrogen (secondary N) is 1. The third kappa shape index (κ3) is 6.36. The molecule has 1 heterocycles. The van der Waals surface area contributed by atoms with Crippen molar-refractivity contribution in [2.24, 2.45) is 5.92 Å². The van der Waals surface area contributed by atoms with Crippen molar-refractivity contribution in [1.82, 2.24) is 15.1 Å². The monoisotopic (exact) mass is 467 g/mol. The quantitative estimate of drug-likeness (QED) is 0.653. The molecular weight excluding hydrogens is 437 g/mol. The maximum absolute atomic E-state index is 13.3. The van der Waals surface area contributed by atoms with Crippen molar-refractivity contribution < 1.29 is 14.4 Å². The van der Waals surface area contributed by atoms with E-state index in [0.29, 0.717) is 26.1 Å². The van der Waals surface area contributed by atoms with Gasteiger partial charge < -0.3 is 15.1 Å². The molecule has 0 aromatic heterocycles. The zero-order chi connectivity index (χ0) is 22.4. The fraction of sp³-hybridized carbons (Fsp3) is 0.609. The van der Waals surface area contributed by atoms with Crippen LogP contribution in [0.4, 0.5) is 0 Å². The number of carbonyl (C=O) groups is 3. The van der Waals surface area contributed by atoms with Gasteiger partial charge in [0, 0.05) is 38.0 Å². The molecule has 1 aliphatic carbocycles. The molecule has 0 spiro atoms. The summed E-state index contributed by atoms with van der Waals surface area (Å²) in [6, 6.07) is 8.68. The van der Waals surface area contributed by atoms with E-state index in [-0.39, 0.29) is 23.8 Å². The van der Waals surface area contributed by atoms with Gasteiger partial charge in [0.05, 0.1) is 0 Å². The molecule has 0 bridgehead atoms. The molecule has 0 radical (unpaired) electrons. The number of amides is 3. The Hall–Kier alpha value is -1.79. The Morgan fingerprint density at radius 3 is 2.35 bits per heavy atom. The molecule has 170 valence electrons. The minimum Gasteiger partial charge on any atom is -0.342 e. The molecular formula is C23H31Cl2N3O3. The van der Waals surface area contributed by atoms with E-state index in [0.717, 1.165) is 31.2 Å². The zero-order valence-corrected chi connectivity index (χ0v) is 19.4. The molecule has 1 aromatic rings. The first-order valence-corrected chi connectivity index (χ1v) is 12.0. The van der Waals surface area contributed by atoms with Gasteiger partial charge in [-0.25, -0.2) is 0 Å². The fourth-order valence-corrected chi connectivity index (χ4v) is 4.70. The van der Waals surface area contributed by atoms with Crippen LogP contribution in [-0.2, 0) is 20.8 Å². The number of benzene rings is 1. The number of carbonyl (C=O) groups excluding carboxylic acids is 3. The average Bonchev–Trinajstić information content (AvgIpc) is 2.78.